The van der Waals surface area contributed by atoms with Crippen LogP contribution in [-0.4, -0.2) is 15.2 Å². The van der Waals surface area contributed by atoms with Crippen LogP contribution in [-0.2, 0) is 6.54 Å². The summed E-state index contributed by atoms with van der Waals surface area (Å²) in [6, 6.07) is 9.95. The molecule has 21 heavy (non-hydrogen) atoms. The second kappa shape index (κ2) is 6.05. The number of pyridine rings is 1. The van der Waals surface area contributed by atoms with Crippen molar-refractivity contribution in [2.45, 2.75) is 13.5 Å². The fourth-order valence-electron chi connectivity index (χ4n) is 1.99. The van der Waals surface area contributed by atoms with E-state index in [-0.39, 0.29) is 0 Å². The van der Waals surface area contributed by atoms with Crippen LogP contribution in [0.3, 0.4) is 0 Å². The fourth-order valence-corrected chi connectivity index (χ4v) is 2.23. The van der Waals surface area contributed by atoms with E-state index >= 15 is 0 Å². The van der Waals surface area contributed by atoms with E-state index in [1.54, 1.807) is 6.20 Å². The Kier molecular flexibility index (Phi) is 3.96. The van der Waals surface area contributed by atoms with Crippen molar-refractivity contribution in [3.8, 4) is 11.5 Å². The van der Waals surface area contributed by atoms with E-state index in [1.165, 1.54) is 6.39 Å². The molecular weight excluding hydrogens is 332 g/mol. The molecule has 5 nitrogen and oxygen atoms in total. The van der Waals surface area contributed by atoms with Gasteiger partial charge in [0, 0.05) is 21.9 Å². The van der Waals surface area contributed by atoms with Crippen LogP contribution in [0.1, 0.15) is 11.3 Å². The Balaban J connectivity index is 1.73. The maximum atomic E-state index is 5.20. The molecule has 0 radical (unpaired) electrons. The van der Waals surface area contributed by atoms with E-state index in [2.05, 4.69) is 36.4 Å². The van der Waals surface area contributed by atoms with Crippen LogP contribution in [0.4, 0.5) is 5.69 Å². The minimum absolute atomic E-state index is 0.527. The highest BCUT2D eigenvalue weighted by Gasteiger charge is 2.06. The Labute approximate surface area is 130 Å². The number of rotatable bonds is 4. The number of nitrogens with zero attached hydrogens (tertiary/aromatic N) is 3. The average Bonchev–Trinajstić information content (AvgIpc) is 3.02. The van der Waals surface area contributed by atoms with Gasteiger partial charge >= 0.3 is 0 Å². The first kappa shape index (κ1) is 13.8. The maximum absolute atomic E-state index is 5.20. The molecule has 2 heterocycles. The van der Waals surface area contributed by atoms with E-state index in [1.807, 2.05) is 37.3 Å². The molecule has 0 fully saturated rings. The molecule has 0 saturated heterocycles. The molecule has 0 aliphatic rings. The lowest BCUT2D eigenvalue weighted by molar-refractivity contribution is 0.568. The van der Waals surface area contributed by atoms with Gasteiger partial charge in [-0.25, -0.2) is 0 Å². The van der Waals surface area contributed by atoms with Crippen LogP contribution < -0.4 is 5.32 Å². The lowest BCUT2D eigenvalue weighted by atomic mass is 10.1. The number of nitrogens with one attached hydrogen (secondary N) is 1. The lowest BCUT2D eigenvalue weighted by Gasteiger charge is -2.10. The SMILES string of the molecule is Cc1cc(-c2nnco2)ccc1NCc1ccc(Br)cn1. The molecule has 1 aromatic carbocycles. The van der Waals surface area contributed by atoms with Crippen molar-refractivity contribution in [1.29, 1.82) is 0 Å². The Morgan fingerprint density at radius 3 is 2.81 bits per heavy atom. The molecule has 0 spiro atoms. The number of hydrogen-bond donors (Lipinski definition) is 1. The van der Waals surface area contributed by atoms with Crippen LogP contribution in [0.5, 0.6) is 0 Å². The van der Waals surface area contributed by atoms with Crippen LogP contribution in [0.15, 0.2) is 51.8 Å². The van der Waals surface area contributed by atoms with Gasteiger partial charge in [-0.15, -0.1) is 10.2 Å². The lowest BCUT2D eigenvalue weighted by Crippen LogP contribution is -2.02. The zero-order valence-corrected chi connectivity index (χ0v) is 13.0. The van der Waals surface area contributed by atoms with Crippen molar-refractivity contribution < 1.29 is 4.42 Å². The van der Waals surface area contributed by atoms with Crippen molar-refractivity contribution in [2.75, 3.05) is 5.32 Å². The summed E-state index contributed by atoms with van der Waals surface area (Å²) in [6.07, 6.45) is 3.12. The second-order valence-electron chi connectivity index (χ2n) is 4.59. The highest BCUT2D eigenvalue weighted by atomic mass is 79.9. The summed E-state index contributed by atoms with van der Waals surface area (Å²) in [5.74, 6) is 0.527. The molecule has 2 aromatic heterocycles. The number of halogens is 1. The summed E-state index contributed by atoms with van der Waals surface area (Å²) in [5, 5.41) is 11.0. The Morgan fingerprint density at radius 2 is 2.14 bits per heavy atom. The number of aryl methyl sites for hydroxylation is 1. The van der Waals surface area contributed by atoms with Gasteiger partial charge in [-0.2, -0.15) is 0 Å². The molecule has 0 unspecified atom stereocenters. The van der Waals surface area contributed by atoms with Gasteiger partial charge in [0.2, 0.25) is 12.3 Å². The third-order valence-corrected chi connectivity index (χ3v) is 3.55. The van der Waals surface area contributed by atoms with Gasteiger partial charge in [0.05, 0.1) is 12.2 Å². The summed E-state index contributed by atoms with van der Waals surface area (Å²) in [6.45, 7) is 2.71. The summed E-state index contributed by atoms with van der Waals surface area (Å²) in [4.78, 5) is 4.34. The molecule has 3 rings (SSSR count). The van der Waals surface area contributed by atoms with Gasteiger partial charge in [0.1, 0.15) is 0 Å². The Bertz CT molecular complexity index is 726. The summed E-state index contributed by atoms with van der Waals surface area (Å²) in [7, 11) is 0. The predicted molar refractivity (Wildman–Crippen MR) is 83.7 cm³/mol. The largest absolute Gasteiger partial charge is 0.423 e. The van der Waals surface area contributed by atoms with Crippen molar-refractivity contribution in [3.05, 3.63) is 58.7 Å². The van der Waals surface area contributed by atoms with E-state index in [0.29, 0.717) is 12.4 Å². The summed E-state index contributed by atoms with van der Waals surface area (Å²) < 4.78 is 6.18. The van der Waals surface area contributed by atoms with Crippen LogP contribution >= 0.6 is 15.9 Å². The maximum Gasteiger partial charge on any atom is 0.247 e. The number of hydrogen-bond acceptors (Lipinski definition) is 5. The molecular formula is C15H13BrN4O. The number of aromatic nitrogens is 3. The third-order valence-electron chi connectivity index (χ3n) is 3.08. The van der Waals surface area contributed by atoms with Gasteiger partial charge in [-0.1, -0.05) is 0 Å². The zero-order valence-electron chi connectivity index (χ0n) is 11.4. The molecule has 0 atom stereocenters. The Morgan fingerprint density at radius 1 is 1.24 bits per heavy atom. The monoisotopic (exact) mass is 344 g/mol. The van der Waals surface area contributed by atoms with Crippen LogP contribution in [0, 0.1) is 6.92 Å². The van der Waals surface area contributed by atoms with Gasteiger partial charge < -0.3 is 9.73 Å². The molecule has 1 N–H and O–H groups in total. The van der Waals surface area contributed by atoms with Crippen LogP contribution in [0.25, 0.3) is 11.5 Å². The van der Waals surface area contributed by atoms with E-state index in [4.69, 9.17) is 4.42 Å². The molecule has 0 aliphatic heterocycles. The first-order valence-corrected chi connectivity index (χ1v) is 7.23. The number of anilines is 1. The van der Waals surface area contributed by atoms with E-state index < -0.39 is 0 Å². The topological polar surface area (TPSA) is 63.8 Å². The van der Waals surface area contributed by atoms with Gasteiger partial charge in [0.25, 0.3) is 0 Å². The van der Waals surface area contributed by atoms with Gasteiger partial charge in [0.15, 0.2) is 0 Å². The molecule has 0 saturated carbocycles. The third kappa shape index (κ3) is 3.28. The van der Waals surface area contributed by atoms with Crippen molar-refractivity contribution >= 4 is 21.6 Å². The first-order valence-electron chi connectivity index (χ1n) is 6.44. The second-order valence-corrected chi connectivity index (χ2v) is 5.51. The van der Waals surface area contributed by atoms with E-state index in [9.17, 15) is 0 Å². The highest BCUT2D eigenvalue weighted by molar-refractivity contribution is 9.10. The molecule has 106 valence electrons. The smallest absolute Gasteiger partial charge is 0.247 e. The predicted octanol–water partition coefficient (Wildman–Crippen LogP) is 3.81. The van der Waals surface area contributed by atoms with Crippen LogP contribution in [0.2, 0.25) is 0 Å². The minimum Gasteiger partial charge on any atom is -0.423 e. The van der Waals surface area contributed by atoms with Crippen molar-refractivity contribution in [2.24, 2.45) is 0 Å². The molecule has 3 aromatic rings. The minimum atomic E-state index is 0.527. The summed E-state index contributed by atoms with van der Waals surface area (Å²) in [5.41, 5.74) is 4.07. The quantitative estimate of drug-likeness (QED) is 0.779. The summed E-state index contributed by atoms with van der Waals surface area (Å²) >= 11 is 3.38. The van der Waals surface area contributed by atoms with E-state index in [0.717, 1.165) is 27.0 Å². The Hall–Kier alpha value is -2.21. The zero-order chi connectivity index (χ0) is 14.7. The fraction of sp³-hybridized carbons (Fsp3) is 0.133. The average molecular weight is 345 g/mol. The van der Waals surface area contributed by atoms with Crippen molar-refractivity contribution in [3.63, 3.8) is 0 Å². The van der Waals surface area contributed by atoms with Gasteiger partial charge in [-0.05, 0) is 58.7 Å². The molecule has 0 bridgehead atoms. The standard InChI is InChI=1S/C15H13BrN4O/c1-10-6-11(15-20-19-9-21-15)2-5-14(10)18-8-13-4-3-12(16)7-17-13/h2-7,9,18H,8H2,1H3. The van der Waals surface area contributed by atoms with Crippen molar-refractivity contribution in [1.82, 2.24) is 15.2 Å². The number of benzene rings is 1. The molecule has 0 aliphatic carbocycles. The highest BCUT2D eigenvalue weighted by Crippen LogP contribution is 2.23. The first-order chi connectivity index (χ1) is 10.2. The normalized spacial score (nSPS) is 10.6. The molecule has 0 amide bonds. The van der Waals surface area contributed by atoms with Gasteiger partial charge in [-0.3, -0.25) is 4.98 Å². The molecule has 6 heteroatoms.